The minimum Gasteiger partial charge on any atom is -0.353 e. The van der Waals surface area contributed by atoms with Crippen molar-refractivity contribution < 1.29 is 9.32 Å². The summed E-state index contributed by atoms with van der Waals surface area (Å²) in [5.74, 6) is 1.72. The second-order valence-electron chi connectivity index (χ2n) is 6.75. The topological polar surface area (TPSA) is 62.5 Å². The van der Waals surface area contributed by atoms with E-state index in [-0.39, 0.29) is 5.91 Å². The number of aromatic nitrogens is 2. The van der Waals surface area contributed by atoms with Crippen LogP contribution in [-0.2, 0) is 6.42 Å². The summed E-state index contributed by atoms with van der Waals surface area (Å²) in [6.07, 6.45) is 2.70. The van der Waals surface area contributed by atoms with Crippen LogP contribution in [0.15, 0.2) is 28.9 Å². The molecule has 1 amide bonds. The van der Waals surface area contributed by atoms with E-state index in [1.54, 1.807) is 6.07 Å². The van der Waals surface area contributed by atoms with Gasteiger partial charge in [-0.15, -0.1) is 0 Å². The third-order valence-corrected chi connectivity index (χ3v) is 4.17. The van der Waals surface area contributed by atoms with Gasteiger partial charge in [0.25, 0.3) is 5.91 Å². The van der Waals surface area contributed by atoms with Crippen molar-refractivity contribution in [2.24, 2.45) is 5.92 Å². The van der Waals surface area contributed by atoms with Crippen LogP contribution in [0.5, 0.6) is 0 Å². The third kappa shape index (κ3) is 3.75. The second-order valence-corrected chi connectivity index (χ2v) is 6.75. The van der Waals surface area contributed by atoms with Gasteiger partial charge in [-0.05, 0) is 30.9 Å². The van der Waals surface area contributed by atoms with Gasteiger partial charge in [-0.3, -0.25) is 4.79 Å². The molecule has 0 aliphatic carbocycles. The number of hydrogen-bond donors (Lipinski definition) is 0. The van der Waals surface area contributed by atoms with Gasteiger partial charge in [-0.25, -0.2) is 4.98 Å². The molecule has 0 atom stereocenters. The molecule has 2 aromatic heterocycles. The summed E-state index contributed by atoms with van der Waals surface area (Å²) in [6.45, 7) is 9.13. The Hall–Kier alpha value is -2.37. The largest absolute Gasteiger partial charge is 0.353 e. The fourth-order valence-corrected chi connectivity index (χ4v) is 2.87. The average Bonchev–Trinajstić information content (AvgIpc) is 3.03. The van der Waals surface area contributed by atoms with Gasteiger partial charge < -0.3 is 14.3 Å². The molecule has 2 aromatic rings. The van der Waals surface area contributed by atoms with Crippen molar-refractivity contribution in [3.05, 3.63) is 41.4 Å². The van der Waals surface area contributed by atoms with Crippen molar-refractivity contribution in [2.45, 2.75) is 27.2 Å². The van der Waals surface area contributed by atoms with E-state index in [1.807, 2.05) is 24.1 Å². The van der Waals surface area contributed by atoms with Crippen LogP contribution in [0.3, 0.4) is 0 Å². The lowest BCUT2D eigenvalue weighted by molar-refractivity contribution is 0.0704. The van der Waals surface area contributed by atoms with Crippen molar-refractivity contribution in [3.63, 3.8) is 0 Å². The number of carbonyl (C=O) groups excluding carboxylic acids is 1. The molecule has 0 spiro atoms. The minimum absolute atomic E-state index is 0.0750. The Labute approximate surface area is 142 Å². The maximum absolute atomic E-state index is 12.5. The number of piperazine rings is 1. The molecule has 1 aliphatic rings. The van der Waals surface area contributed by atoms with Gasteiger partial charge in [-0.1, -0.05) is 25.1 Å². The maximum Gasteiger partial charge on any atom is 0.292 e. The van der Waals surface area contributed by atoms with Crippen LogP contribution in [0.2, 0.25) is 0 Å². The molecule has 0 unspecified atom stereocenters. The number of rotatable bonds is 4. The van der Waals surface area contributed by atoms with E-state index in [0.717, 1.165) is 36.6 Å². The zero-order valence-electron chi connectivity index (χ0n) is 14.5. The summed E-state index contributed by atoms with van der Waals surface area (Å²) in [6, 6.07) is 5.86. The normalized spacial score (nSPS) is 15.2. The van der Waals surface area contributed by atoms with Crippen LogP contribution in [0.25, 0.3) is 0 Å². The first-order chi connectivity index (χ1) is 11.5. The molecule has 0 bridgehead atoms. The number of pyridine rings is 1. The standard InChI is InChI=1S/C18H24N4O2/c1-13(2)10-15-11-16(24-20-15)18(23)22-8-6-21(7-9-22)17-5-4-14(3)12-19-17/h4-5,11-13H,6-10H2,1-3H3. The predicted molar refractivity (Wildman–Crippen MR) is 92.1 cm³/mol. The molecule has 1 aliphatic heterocycles. The molecule has 3 heterocycles. The Bertz CT molecular complexity index is 685. The highest BCUT2D eigenvalue weighted by Gasteiger charge is 2.25. The summed E-state index contributed by atoms with van der Waals surface area (Å²) in [5, 5.41) is 4.00. The number of nitrogens with zero attached hydrogens (tertiary/aromatic N) is 4. The Morgan fingerprint density at radius 3 is 2.62 bits per heavy atom. The lowest BCUT2D eigenvalue weighted by atomic mass is 10.1. The highest BCUT2D eigenvalue weighted by molar-refractivity contribution is 5.91. The zero-order chi connectivity index (χ0) is 17.1. The van der Waals surface area contributed by atoms with E-state index in [9.17, 15) is 4.79 Å². The van der Waals surface area contributed by atoms with Gasteiger partial charge in [-0.2, -0.15) is 0 Å². The molecular formula is C18H24N4O2. The van der Waals surface area contributed by atoms with Crippen LogP contribution >= 0.6 is 0 Å². The minimum atomic E-state index is -0.0750. The molecule has 0 aromatic carbocycles. The van der Waals surface area contributed by atoms with E-state index in [0.29, 0.717) is 24.8 Å². The van der Waals surface area contributed by atoms with Crippen LogP contribution in [0.4, 0.5) is 5.82 Å². The van der Waals surface area contributed by atoms with Crippen LogP contribution in [0, 0.1) is 12.8 Å². The predicted octanol–water partition coefficient (Wildman–Crippen LogP) is 2.54. The van der Waals surface area contributed by atoms with E-state index < -0.39 is 0 Å². The van der Waals surface area contributed by atoms with Gasteiger partial charge in [0.05, 0.1) is 5.69 Å². The SMILES string of the molecule is Cc1ccc(N2CCN(C(=O)c3cc(CC(C)C)no3)CC2)nc1. The molecule has 0 radical (unpaired) electrons. The summed E-state index contributed by atoms with van der Waals surface area (Å²) < 4.78 is 5.24. The monoisotopic (exact) mass is 328 g/mol. The van der Waals surface area contributed by atoms with E-state index in [4.69, 9.17) is 4.52 Å². The number of hydrogen-bond acceptors (Lipinski definition) is 5. The summed E-state index contributed by atoms with van der Waals surface area (Å²) in [7, 11) is 0. The summed E-state index contributed by atoms with van der Waals surface area (Å²) in [5.41, 5.74) is 1.99. The summed E-state index contributed by atoms with van der Waals surface area (Å²) in [4.78, 5) is 21.0. The van der Waals surface area contributed by atoms with Crippen LogP contribution in [-0.4, -0.2) is 47.1 Å². The average molecular weight is 328 g/mol. The number of carbonyl (C=O) groups is 1. The molecule has 6 heteroatoms. The maximum atomic E-state index is 12.5. The lowest BCUT2D eigenvalue weighted by Gasteiger charge is -2.34. The fourth-order valence-electron chi connectivity index (χ4n) is 2.87. The lowest BCUT2D eigenvalue weighted by Crippen LogP contribution is -2.49. The number of anilines is 1. The van der Waals surface area contributed by atoms with Crippen molar-refractivity contribution in [2.75, 3.05) is 31.1 Å². The third-order valence-electron chi connectivity index (χ3n) is 4.17. The molecule has 6 nitrogen and oxygen atoms in total. The van der Waals surface area contributed by atoms with E-state index >= 15 is 0 Å². The van der Waals surface area contributed by atoms with E-state index in [2.05, 4.69) is 35.0 Å². The zero-order valence-corrected chi connectivity index (χ0v) is 14.5. The highest BCUT2D eigenvalue weighted by atomic mass is 16.5. The number of amides is 1. The highest BCUT2D eigenvalue weighted by Crippen LogP contribution is 2.16. The van der Waals surface area contributed by atoms with Crippen molar-refractivity contribution in [3.8, 4) is 0 Å². The molecule has 1 fully saturated rings. The van der Waals surface area contributed by atoms with E-state index in [1.165, 1.54) is 0 Å². The molecule has 128 valence electrons. The second kappa shape index (κ2) is 7.03. The summed E-state index contributed by atoms with van der Waals surface area (Å²) >= 11 is 0. The first-order valence-corrected chi connectivity index (χ1v) is 8.45. The first kappa shape index (κ1) is 16.5. The van der Waals surface area contributed by atoms with Crippen molar-refractivity contribution >= 4 is 11.7 Å². The van der Waals surface area contributed by atoms with Crippen LogP contribution in [0.1, 0.15) is 35.7 Å². The first-order valence-electron chi connectivity index (χ1n) is 8.45. The van der Waals surface area contributed by atoms with Crippen molar-refractivity contribution in [1.29, 1.82) is 0 Å². The van der Waals surface area contributed by atoms with Gasteiger partial charge in [0.1, 0.15) is 5.82 Å². The smallest absolute Gasteiger partial charge is 0.292 e. The Morgan fingerprint density at radius 2 is 2.00 bits per heavy atom. The Morgan fingerprint density at radius 1 is 1.25 bits per heavy atom. The van der Waals surface area contributed by atoms with Gasteiger partial charge in [0, 0.05) is 38.4 Å². The Kier molecular flexibility index (Phi) is 4.83. The van der Waals surface area contributed by atoms with Crippen molar-refractivity contribution in [1.82, 2.24) is 15.0 Å². The fraction of sp³-hybridized carbons (Fsp3) is 0.500. The van der Waals surface area contributed by atoms with Gasteiger partial charge >= 0.3 is 0 Å². The van der Waals surface area contributed by atoms with Gasteiger partial charge in [0.15, 0.2) is 0 Å². The van der Waals surface area contributed by atoms with Gasteiger partial charge in [0.2, 0.25) is 5.76 Å². The molecule has 3 rings (SSSR count). The molecule has 0 N–H and O–H groups in total. The molecule has 24 heavy (non-hydrogen) atoms. The molecule has 0 saturated carbocycles. The number of aryl methyl sites for hydroxylation is 1. The molecular weight excluding hydrogens is 304 g/mol. The Balaban J connectivity index is 1.58. The molecule has 1 saturated heterocycles. The van der Waals surface area contributed by atoms with Crippen LogP contribution < -0.4 is 4.90 Å². The quantitative estimate of drug-likeness (QED) is 0.863.